The number of rotatable bonds is 2. The van der Waals surface area contributed by atoms with Gasteiger partial charge in [-0.2, -0.15) is 0 Å². The van der Waals surface area contributed by atoms with Crippen molar-refractivity contribution in [2.45, 2.75) is 20.8 Å². The molecule has 4 heteroatoms. The molecule has 0 saturated carbocycles. The van der Waals surface area contributed by atoms with Crippen LogP contribution in [-0.4, -0.2) is 31.2 Å². The minimum atomic E-state index is 1.05. The molecule has 1 aromatic carbocycles. The van der Waals surface area contributed by atoms with Gasteiger partial charge in [-0.05, 0) is 43.5 Å². The lowest BCUT2D eigenvalue weighted by Crippen LogP contribution is -2.43. The van der Waals surface area contributed by atoms with Gasteiger partial charge in [-0.1, -0.05) is 6.07 Å². The first-order chi connectivity index (χ1) is 9.65. The van der Waals surface area contributed by atoms with Crippen LogP contribution >= 0.6 is 11.3 Å². The second-order valence-electron chi connectivity index (χ2n) is 5.50. The molecule has 1 aliphatic rings. The van der Waals surface area contributed by atoms with E-state index in [0.29, 0.717) is 0 Å². The highest BCUT2D eigenvalue weighted by Gasteiger charge is 2.15. The Kier molecular flexibility index (Phi) is 3.76. The van der Waals surface area contributed by atoms with Crippen molar-refractivity contribution in [2.24, 2.45) is 0 Å². The van der Waals surface area contributed by atoms with Crippen molar-refractivity contribution in [1.29, 1.82) is 0 Å². The van der Waals surface area contributed by atoms with Gasteiger partial charge in [-0.3, -0.25) is 0 Å². The first kappa shape index (κ1) is 13.6. The molecule has 0 bridgehead atoms. The summed E-state index contributed by atoms with van der Waals surface area (Å²) in [5.74, 6) is 0. The van der Waals surface area contributed by atoms with Crippen LogP contribution in [0.4, 0.5) is 5.13 Å². The van der Waals surface area contributed by atoms with E-state index in [2.05, 4.69) is 48.5 Å². The van der Waals surface area contributed by atoms with Crippen LogP contribution in [0.25, 0.3) is 11.3 Å². The highest BCUT2D eigenvalue weighted by molar-refractivity contribution is 7.14. The second kappa shape index (κ2) is 5.54. The van der Waals surface area contributed by atoms with Crippen molar-refractivity contribution in [3.05, 3.63) is 34.2 Å². The van der Waals surface area contributed by atoms with E-state index in [1.807, 2.05) is 0 Å². The van der Waals surface area contributed by atoms with E-state index in [4.69, 9.17) is 4.98 Å². The largest absolute Gasteiger partial charge is 0.346 e. The van der Waals surface area contributed by atoms with Gasteiger partial charge in [-0.15, -0.1) is 11.3 Å². The molecule has 3 rings (SSSR count). The van der Waals surface area contributed by atoms with E-state index < -0.39 is 0 Å². The summed E-state index contributed by atoms with van der Waals surface area (Å²) in [5.41, 5.74) is 6.38. The summed E-state index contributed by atoms with van der Waals surface area (Å²) in [4.78, 5) is 7.23. The lowest BCUT2D eigenvalue weighted by atomic mass is 9.99. The number of nitrogens with one attached hydrogen (secondary N) is 1. The number of hydrogen-bond acceptors (Lipinski definition) is 4. The van der Waals surface area contributed by atoms with Gasteiger partial charge in [0.1, 0.15) is 0 Å². The Bertz CT molecular complexity index is 612. The van der Waals surface area contributed by atoms with E-state index in [9.17, 15) is 0 Å². The summed E-state index contributed by atoms with van der Waals surface area (Å²) in [6.07, 6.45) is 0. The normalized spacial score (nSPS) is 15.7. The molecular weight excluding hydrogens is 266 g/mol. The molecule has 0 amide bonds. The molecule has 0 atom stereocenters. The topological polar surface area (TPSA) is 28.2 Å². The highest BCUT2D eigenvalue weighted by Crippen LogP contribution is 2.31. The molecule has 1 aliphatic heterocycles. The fourth-order valence-corrected chi connectivity index (χ4v) is 3.51. The Morgan fingerprint density at radius 2 is 1.75 bits per heavy atom. The smallest absolute Gasteiger partial charge is 0.185 e. The van der Waals surface area contributed by atoms with Crippen LogP contribution < -0.4 is 10.2 Å². The van der Waals surface area contributed by atoms with Crippen LogP contribution in [0.15, 0.2) is 17.5 Å². The number of thiazole rings is 1. The van der Waals surface area contributed by atoms with Gasteiger partial charge in [0.15, 0.2) is 5.13 Å². The standard InChI is InChI=1S/C16H21N3S/c1-11-8-13(3)14(9-12(11)2)15-10-20-16(18-15)19-6-4-17-5-7-19/h8-10,17H,4-7H2,1-3H3. The number of hydrogen-bond donors (Lipinski definition) is 1. The maximum atomic E-state index is 4.85. The molecule has 2 aromatic rings. The molecule has 1 fully saturated rings. The first-order valence-corrected chi connectivity index (χ1v) is 8.02. The molecule has 3 nitrogen and oxygen atoms in total. The Morgan fingerprint density at radius 1 is 1.05 bits per heavy atom. The molecule has 1 N–H and O–H groups in total. The third-order valence-corrected chi connectivity index (χ3v) is 4.90. The molecule has 0 aliphatic carbocycles. The van der Waals surface area contributed by atoms with Crippen LogP contribution in [0.1, 0.15) is 16.7 Å². The number of benzene rings is 1. The summed E-state index contributed by atoms with van der Waals surface area (Å²) in [6.45, 7) is 10.7. The number of aryl methyl sites for hydroxylation is 3. The van der Waals surface area contributed by atoms with Crippen molar-refractivity contribution >= 4 is 16.5 Å². The fraction of sp³-hybridized carbons (Fsp3) is 0.438. The van der Waals surface area contributed by atoms with Crippen LogP contribution in [0.5, 0.6) is 0 Å². The zero-order valence-electron chi connectivity index (χ0n) is 12.4. The quantitative estimate of drug-likeness (QED) is 0.919. The minimum absolute atomic E-state index is 1.05. The molecule has 2 heterocycles. The van der Waals surface area contributed by atoms with Crippen LogP contribution in [-0.2, 0) is 0 Å². The van der Waals surface area contributed by atoms with Gasteiger partial charge in [0.2, 0.25) is 0 Å². The SMILES string of the molecule is Cc1cc(C)c(-c2csc(N3CCNCC3)n2)cc1C. The molecular formula is C16H21N3S. The summed E-state index contributed by atoms with van der Waals surface area (Å²) >= 11 is 1.76. The molecule has 20 heavy (non-hydrogen) atoms. The van der Waals surface area contributed by atoms with E-state index in [-0.39, 0.29) is 0 Å². The third-order valence-electron chi connectivity index (χ3n) is 4.00. The number of anilines is 1. The summed E-state index contributed by atoms with van der Waals surface area (Å²) in [5, 5.41) is 6.72. The Balaban J connectivity index is 1.91. The van der Waals surface area contributed by atoms with Gasteiger partial charge < -0.3 is 10.2 Å². The van der Waals surface area contributed by atoms with E-state index in [1.165, 1.54) is 22.3 Å². The molecule has 106 valence electrons. The van der Waals surface area contributed by atoms with Crippen LogP contribution in [0.2, 0.25) is 0 Å². The predicted octanol–water partition coefficient (Wildman–Crippen LogP) is 3.14. The number of aromatic nitrogens is 1. The van der Waals surface area contributed by atoms with E-state index >= 15 is 0 Å². The van der Waals surface area contributed by atoms with Gasteiger partial charge in [-0.25, -0.2) is 4.98 Å². The summed E-state index contributed by atoms with van der Waals surface area (Å²) in [7, 11) is 0. The molecule has 0 spiro atoms. The van der Waals surface area contributed by atoms with Gasteiger partial charge in [0.25, 0.3) is 0 Å². The maximum absolute atomic E-state index is 4.85. The molecule has 0 radical (unpaired) electrons. The van der Waals surface area contributed by atoms with Crippen molar-refractivity contribution in [2.75, 3.05) is 31.1 Å². The predicted molar refractivity (Wildman–Crippen MR) is 86.8 cm³/mol. The maximum Gasteiger partial charge on any atom is 0.185 e. The van der Waals surface area contributed by atoms with Crippen LogP contribution in [0, 0.1) is 20.8 Å². The zero-order valence-corrected chi connectivity index (χ0v) is 13.2. The van der Waals surface area contributed by atoms with Crippen molar-refractivity contribution in [3.8, 4) is 11.3 Å². The summed E-state index contributed by atoms with van der Waals surface area (Å²) in [6, 6.07) is 4.52. The van der Waals surface area contributed by atoms with Crippen LogP contribution in [0.3, 0.4) is 0 Å². The average Bonchev–Trinajstić information content (AvgIpc) is 2.93. The molecule has 1 saturated heterocycles. The van der Waals surface area contributed by atoms with Crippen molar-refractivity contribution in [3.63, 3.8) is 0 Å². The Labute approximate surface area is 124 Å². The van der Waals surface area contributed by atoms with Crippen molar-refractivity contribution in [1.82, 2.24) is 10.3 Å². The molecule has 1 aromatic heterocycles. The Hall–Kier alpha value is -1.39. The van der Waals surface area contributed by atoms with Gasteiger partial charge >= 0.3 is 0 Å². The van der Waals surface area contributed by atoms with E-state index in [0.717, 1.165) is 37.0 Å². The minimum Gasteiger partial charge on any atom is -0.346 e. The van der Waals surface area contributed by atoms with Gasteiger partial charge in [0, 0.05) is 37.1 Å². The lowest BCUT2D eigenvalue weighted by molar-refractivity contribution is 0.588. The number of nitrogens with zero attached hydrogens (tertiary/aromatic N) is 2. The van der Waals surface area contributed by atoms with E-state index in [1.54, 1.807) is 11.3 Å². The van der Waals surface area contributed by atoms with Crippen molar-refractivity contribution < 1.29 is 0 Å². The third kappa shape index (κ3) is 2.58. The zero-order chi connectivity index (χ0) is 14.1. The number of piperazine rings is 1. The highest BCUT2D eigenvalue weighted by atomic mass is 32.1. The average molecular weight is 287 g/mol. The fourth-order valence-electron chi connectivity index (χ4n) is 2.63. The first-order valence-electron chi connectivity index (χ1n) is 7.14. The summed E-state index contributed by atoms with van der Waals surface area (Å²) < 4.78 is 0. The lowest BCUT2D eigenvalue weighted by Gasteiger charge is -2.26. The monoisotopic (exact) mass is 287 g/mol. The molecule has 0 unspecified atom stereocenters. The second-order valence-corrected chi connectivity index (χ2v) is 6.34. The Morgan fingerprint density at radius 3 is 2.50 bits per heavy atom. The van der Waals surface area contributed by atoms with Gasteiger partial charge in [0.05, 0.1) is 5.69 Å².